The predicted molar refractivity (Wildman–Crippen MR) is 301 cm³/mol. The lowest BCUT2D eigenvalue weighted by Crippen LogP contribution is -2.43. The van der Waals surface area contributed by atoms with Gasteiger partial charge in [-0.3, -0.25) is 28.8 Å². The molecular formula is C65H108O14. The number of fused-ring (bicyclic) bond motifs is 10. The van der Waals surface area contributed by atoms with Gasteiger partial charge in [-0.1, -0.05) is 69.2 Å². The first kappa shape index (κ1) is 64.9. The Morgan fingerprint density at radius 3 is 1.28 bits per heavy atom. The summed E-state index contributed by atoms with van der Waals surface area (Å²) in [6, 6.07) is 0. The lowest BCUT2D eigenvalue weighted by Gasteiger charge is -2.40. The molecule has 0 aromatic heterocycles. The van der Waals surface area contributed by atoms with E-state index in [0.29, 0.717) is 71.5 Å². The molecule has 10 rings (SSSR count). The molecule has 0 aromatic carbocycles. The molecule has 14 heteroatoms. The van der Waals surface area contributed by atoms with Crippen LogP contribution in [0.25, 0.3) is 0 Å². The molecule has 28 unspecified atom stereocenters. The second-order valence-corrected chi connectivity index (χ2v) is 28.1. The minimum Gasteiger partial charge on any atom is -0.469 e. The zero-order valence-corrected chi connectivity index (χ0v) is 51.8. The highest BCUT2D eigenvalue weighted by molar-refractivity contribution is 5.73. The molecule has 28 atom stereocenters. The molecule has 10 aliphatic carbocycles. The highest BCUT2D eigenvalue weighted by Crippen LogP contribution is 2.60. The van der Waals surface area contributed by atoms with Crippen LogP contribution in [0.5, 0.6) is 0 Å². The zero-order valence-electron chi connectivity index (χ0n) is 51.8. The van der Waals surface area contributed by atoms with Crippen LogP contribution < -0.4 is 0 Å². The summed E-state index contributed by atoms with van der Waals surface area (Å²) in [5.74, 6) is 15.1. The quantitative estimate of drug-likeness (QED) is 0.130. The van der Waals surface area contributed by atoms with Crippen molar-refractivity contribution in [3.05, 3.63) is 0 Å². The van der Waals surface area contributed by atoms with Gasteiger partial charge in [0.05, 0.1) is 72.4 Å². The van der Waals surface area contributed by atoms with Crippen molar-refractivity contribution in [2.75, 3.05) is 35.5 Å². The van der Waals surface area contributed by atoms with Gasteiger partial charge in [0.1, 0.15) is 6.10 Å². The molecule has 0 heterocycles. The second kappa shape index (κ2) is 27.4. The molecule has 2 N–H and O–H groups in total. The normalized spacial score (nSPS) is 43.3. The maximum atomic E-state index is 11.5. The molecule has 14 nitrogen and oxygen atoms in total. The lowest BCUT2D eigenvalue weighted by molar-refractivity contribution is -0.157. The van der Waals surface area contributed by atoms with E-state index in [9.17, 15) is 39.0 Å². The Hall–Kier alpha value is -3.26. The number of carbonyl (C=O) groups excluding carboxylic acids is 6. The van der Waals surface area contributed by atoms with Crippen LogP contribution in [0, 0.1) is 148 Å². The Bertz CT molecular complexity index is 2060. The predicted octanol–water partition coefficient (Wildman–Crippen LogP) is 11.0. The molecule has 0 saturated heterocycles. The van der Waals surface area contributed by atoms with Crippen molar-refractivity contribution in [3.63, 3.8) is 0 Å². The topological polar surface area (TPSA) is 198 Å². The molecule has 0 spiro atoms. The van der Waals surface area contributed by atoms with Gasteiger partial charge in [0.2, 0.25) is 0 Å². The molecule has 10 saturated carbocycles. The molecule has 0 amide bonds. The van der Waals surface area contributed by atoms with Crippen molar-refractivity contribution in [2.24, 2.45) is 148 Å². The second-order valence-electron chi connectivity index (χ2n) is 28.1. The number of esters is 6. The fourth-order valence-corrected chi connectivity index (χ4v) is 19.2. The van der Waals surface area contributed by atoms with E-state index in [2.05, 4.69) is 78.7 Å². The number of carbonyl (C=O) groups is 6. The lowest BCUT2D eigenvalue weighted by atomic mass is 9.68. The van der Waals surface area contributed by atoms with E-state index in [1.165, 1.54) is 81.0 Å². The molecule has 0 aromatic rings. The van der Waals surface area contributed by atoms with Crippen LogP contribution in [-0.4, -0.2) is 99.4 Å². The van der Waals surface area contributed by atoms with E-state index >= 15 is 0 Å². The fraction of sp³-hybridized carbons (Fsp3) is 0.908. The molecule has 10 fully saturated rings. The SMILES string of the molecule is COC(=O)C1CC2CC1C(C)C2C.COC(=O)CC(C)(O)C1CC2CC1C(C)C2C.COC(=O)CC(O)C1CC2CC1C(C)C2C.COC(=O)CC(OC(C)=O)C1CC2CC1C(C)C2C.COC(=O)CC1CC2CC1C(C)C2C. The molecule has 452 valence electrons. The van der Waals surface area contributed by atoms with Gasteiger partial charge in [-0.05, 0) is 213 Å². The summed E-state index contributed by atoms with van der Waals surface area (Å²) in [5, 5.41) is 20.6. The van der Waals surface area contributed by atoms with Gasteiger partial charge < -0.3 is 38.6 Å². The Morgan fingerprint density at radius 1 is 0.456 bits per heavy atom. The van der Waals surface area contributed by atoms with E-state index in [4.69, 9.17) is 18.9 Å². The van der Waals surface area contributed by atoms with Gasteiger partial charge in [0, 0.05) is 13.3 Å². The number of rotatable bonds is 13. The van der Waals surface area contributed by atoms with E-state index in [0.717, 1.165) is 96.7 Å². The van der Waals surface area contributed by atoms with Gasteiger partial charge >= 0.3 is 35.8 Å². The summed E-state index contributed by atoms with van der Waals surface area (Å²) in [7, 11) is 7.12. The van der Waals surface area contributed by atoms with Crippen LogP contribution >= 0.6 is 0 Å². The van der Waals surface area contributed by atoms with Crippen LogP contribution in [0.4, 0.5) is 0 Å². The maximum Gasteiger partial charge on any atom is 0.309 e. The summed E-state index contributed by atoms with van der Waals surface area (Å²) in [5.41, 5.74) is -0.902. The van der Waals surface area contributed by atoms with Crippen LogP contribution in [0.1, 0.15) is 173 Å². The number of ether oxygens (including phenoxy) is 6. The van der Waals surface area contributed by atoms with Gasteiger partial charge in [0.25, 0.3) is 0 Å². The molecule has 0 radical (unpaired) electrons. The van der Waals surface area contributed by atoms with Gasteiger partial charge in [-0.25, -0.2) is 0 Å². The Balaban J connectivity index is 0.000000160. The third kappa shape index (κ3) is 14.4. The van der Waals surface area contributed by atoms with E-state index < -0.39 is 11.7 Å². The van der Waals surface area contributed by atoms with Crippen molar-refractivity contribution in [3.8, 4) is 0 Å². The van der Waals surface area contributed by atoms with Crippen molar-refractivity contribution in [1.82, 2.24) is 0 Å². The van der Waals surface area contributed by atoms with E-state index in [1.54, 1.807) is 6.92 Å². The Kier molecular flexibility index (Phi) is 22.5. The zero-order chi connectivity index (χ0) is 58.7. The average Bonchev–Trinajstić information content (AvgIpc) is 4.53. The summed E-state index contributed by atoms with van der Waals surface area (Å²) in [6.45, 7) is 26.3. The standard InChI is InChI=1S/C15H24O4.C14H24O3.C13H22O3.C12H20O2.C11H18O2/c1-8-9(2)12-5-11(8)6-13(12)14(19-10(3)16)7-15(17)18-4;1-8-9(2)11-5-10(8)6-12(11)14(3,16)7-13(15)17-4;1-7-8(2)10-4-9(7)5-11(10)12(14)6-13(15)16-3;1-7-8(2)11-5-9(7)4-10(11)6-12(13)14-3;1-6-7(2)9-4-8(6)5-10(9)11(12)13-3/h8-9,11-14H,5-7H2,1-4H3;8-12,16H,5-7H2,1-4H3;7-12,14H,4-6H2,1-3H3;7-11H,4-6H2,1-3H3;6-10H,4-5H2,1-3H3. The van der Waals surface area contributed by atoms with Gasteiger partial charge in [-0.2, -0.15) is 0 Å². The summed E-state index contributed by atoms with van der Waals surface area (Å²) in [6.07, 6.45) is 12.2. The number of aliphatic hydroxyl groups is 2. The molecule has 0 aliphatic heterocycles. The number of aliphatic hydroxyl groups excluding tert-OH is 1. The fourth-order valence-electron chi connectivity index (χ4n) is 19.2. The molecule has 10 bridgehead atoms. The van der Waals surface area contributed by atoms with Crippen molar-refractivity contribution >= 4 is 35.8 Å². The molecule has 10 aliphatic rings. The number of hydrogen-bond acceptors (Lipinski definition) is 14. The third-order valence-electron chi connectivity index (χ3n) is 24.9. The van der Waals surface area contributed by atoms with Crippen LogP contribution in [0.15, 0.2) is 0 Å². The van der Waals surface area contributed by atoms with Crippen LogP contribution in [-0.2, 0) is 57.2 Å². The summed E-state index contributed by atoms with van der Waals surface area (Å²) >= 11 is 0. The van der Waals surface area contributed by atoms with Gasteiger partial charge in [0.15, 0.2) is 0 Å². The highest BCUT2D eigenvalue weighted by atomic mass is 16.6. The third-order valence-corrected chi connectivity index (χ3v) is 24.9. The average molecular weight is 1110 g/mol. The highest BCUT2D eigenvalue weighted by Gasteiger charge is 2.56. The van der Waals surface area contributed by atoms with Gasteiger partial charge in [-0.15, -0.1) is 0 Å². The maximum absolute atomic E-state index is 11.5. The smallest absolute Gasteiger partial charge is 0.309 e. The summed E-state index contributed by atoms with van der Waals surface area (Å²) < 4.78 is 29.0. The summed E-state index contributed by atoms with van der Waals surface area (Å²) in [4.78, 5) is 67.9. The largest absolute Gasteiger partial charge is 0.469 e. The van der Waals surface area contributed by atoms with Crippen LogP contribution in [0.2, 0.25) is 0 Å². The molecular weight excluding hydrogens is 1000 g/mol. The van der Waals surface area contributed by atoms with Crippen molar-refractivity contribution in [1.29, 1.82) is 0 Å². The number of hydrogen-bond donors (Lipinski definition) is 2. The first-order valence-corrected chi connectivity index (χ1v) is 31.0. The first-order chi connectivity index (χ1) is 37.1. The van der Waals surface area contributed by atoms with E-state index in [-0.39, 0.29) is 73.0 Å². The Morgan fingerprint density at radius 2 is 0.861 bits per heavy atom. The first-order valence-electron chi connectivity index (χ1n) is 31.0. The number of methoxy groups -OCH3 is 5. The molecule has 79 heavy (non-hydrogen) atoms. The van der Waals surface area contributed by atoms with Crippen molar-refractivity contribution < 1.29 is 67.4 Å². The van der Waals surface area contributed by atoms with Crippen LogP contribution in [0.3, 0.4) is 0 Å². The minimum absolute atomic E-state index is 0.0197. The Labute approximate surface area is 475 Å². The van der Waals surface area contributed by atoms with E-state index in [1.807, 2.05) is 0 Å². The monoisotopic (exact) mass is 1110 g/mol. The minimum atomic E-state index is -0.902. The van der Waals surface area contributed by atoms with Crippen molar-refractivity contribution in [2.45, 2.75) is 191 Å².